The minimum atomic E-state index is -0.542. The predicted molar refractivity (Wildman–Crippen MR) is 94.0 cm³/mol. The number of nitrogens with zero attached hydrogens (tertiary/aromatic N) is 1. The van der Waals surface area contributed by atoms with Crippen LogP contribution in [0.1, 0.15) is 24.5 Å². The molecular formula is C20H25ClN2O. The van der Waals surface area contributed by atoms with Crippen molar-refractivity contribution in [2.45, 2.75) is 18.8 Å². The van der Waals surface area contributed by atoms with Gasteiger partial charge in [-0.1, -0.05) is 55.5 Å². The summed E-state index contributed by atoms with van der Waals surface area (Å²) < 4.78 is 0. The van der Waals surface area contributed by atoms with Crippen LogP contribution in [0.2, 0.25) is 0 Å². The number of hydrogen-bond donors (Lipinski definition) is 1. The van der Waals surface area contributed by atoms with Crippen LogP contribution in [0.15, 0.2) is 54.6 Å². The molecule has 1 amide bonds. The Morgan fingerprint density at radius 3 is 2.25 bits per heavy atom. The lowest BCUT2D eigenvalue weighted by molar-refractivity contribution is -0.856. The Kier molecular flexibility index (Phi) is 5.68. The average molecular weight is 345 g/mol. The fourth-order valence-corrected chi connectivity index (χ4v) is 3.63. The second kappa shape index (κ2) is 7.37. The van der Waals surface area contributed by atoms with Crippen molar-refractivity contribution >= 4 is 11.6 Å². The molecule has 3 rings (SSSR count). The average Bonchev–Trinajstić information content (AvgIpc) is 2.82. The fourth-order valence-electron chi connectivity index (χ4n) is 3.63. The summed E-state index contributed by atoms with van der Waals surface area (Å²) in [7, 11) is 4.24. The summed E-state index contributed by atoms with van der Waals surface area (Å²) in [5.41, 5.74) is 2.77. The molecule has 24 heavy (non-hydrogen) atoms. The molecule has 1 atom stereocenters. The molecule has 1 unspecified atom stereocenters. The fraction of sp³-hybridized carbons (Fsp3) is 0.350. The van der Waals surface area contributed by atoms with E-state index in [1.54, 1.807) is 0 Å². The molecule has 0 saturated heterocycles. The van der Waals surface area contributed by atoms with Gasteiger partial charge in [0.25, 0.3) is 0 Å². The Labute approximate surface area is 150 Å². The quantitative estimate of drug-likeness (QED) is 0.730. The van der Waals surface area contributed by atoms with Crippen LogP contribution in [-0.2, 0) is 10.2 Å². The van der Waals surface area contributed by atoms with E-state index in [-0.39, 0.29) is 18.3 Å². The molecule has 0 saturated carbocycles. The number of amides is 1. The van der Waals surface area contributed by atoms with Crippen molar-refractivity contribution in [2.75, 3.05) is 32.1 Å². The molecule has 0 spiro atoms. The minimum absolute atomic E-state index is 0. The first-order valence-electron chi connectivity index (χ1n) is 8.37. The predicted octanol–water partition coefficient (Wildman–Crippen LogP) is -1.12. The summed E-state index contributed by atoms with van der Waals surface area (Å²) in [6.45, 7) is 3.81. The minimum Gasteiger partial charge on any atom is -1.00 e. The number of carbonyl (C=O) groups is 1. The number of anilines is 1. The first-order valence-corrected chi connectivity index (χ1v) is 8.37. The first kappa shape index (κ1) is 18.5. The van der Waals surface area contributed by atoms with Gasteiger partial charge in [0.05, 0.1) is 27.2 Å². The van der Waals surface area contributed by atoms with E-state index in [0.29, 0.717) is 0 Å². The van der Waals surface area contributed by atoms with Crippen molar-refractivity contribution in [1.82, 2.24) is 0 Å². The van der Waals surface area contributed by atoms with Crippen molar-refractivity contribution in [3.63, 3.8) is 0 Å². The number of rotatable bonds is 5. The first-order chi connectivity index (χ1) is 11.1. The maximum absolute atomic E-state index is 13.4. The van der Waals surface area contributed by atoms with Gasteiger partial charge in [-0.25, -0.2) is 0 Å². The van der Waals surface area contributed by atoms with Crippen molar-refractivity contribution in [2.24, 2.45) is 0 Å². The van der Waals surface area contributed by atoms with Crippen LogP contribution in [0.25, 0.3) is 0 Å². The number of para-hydroxylation sites is 1. The van der Waals surface area contributed by atoms with Gasteiger partial charge in [-0.15, -0.1) is 0 Å². The second-order valence-electron chi connectivity index (χ2n) is 6.56. The van der Waals surface area contributed by atoms with Crippen molar-refractivity contribution in [3.8, 4) is 0 Å². The lowest BCUT2D eigenvalue weighted by atomic mass is 9.73. The number of hydrogen-bond acceptors (Lipinski definition) is 1. The van der Waals surface area contributed by atoms with Gasteiger partial charge in [0.2, 0.25) is 5.91 Å². The molecule has 0 aliphatic carbocycles. The maximum Gasteiger partial charge on any atom is 0.242 e. The van der Waals surface area contributed by atoms with Gasteiger partial charge >= 0.3 is 0 Å². The molecule has 2 aromatic carbocycles. The topological polar surface area (TPSA) is 24.8 Å². The number of halogens is 1. The van der Waals surface area contributed by atoms with Crippen molar-refractivity contribution in [3.05, 3.63) is 65.7 Å². The SMILES string of the molecule is CCC1(c2ccccc2)C(=O)N(CC[NH+](C)C)c2ccccc21.[Cl-]. The van der Waals surface area contributed by atoms with Gasteiger partial charge in [-0.2, -0.15) is 0 Å². The van der Waals surface area contributed by atoms with E-state index in [1.807, 2.05) is 35.2 Å². The smallest absolute Gasteiger partial charge is 0.242 e. The number of carbonyl (C=O) groups excluding carboxylic acids is 1. The summed E-state index contributed by atoms with van der Waals surface area (Å²) >= 11 is 0. The van der Waals surface area contributed by atoms with E-state index < -0.39 is 5.41 Å². The third-order valence-electron chi connectivity index (χ3n) is 4.90. The van der Waals surface area contributed by atoms with E-state index in [9.17, 15) is 4.79 Å². The Bertz CT molecular complexity index is 702. The number of nitrogens with one attached hydrogen (secondary N) is 1. The molecular weight excluding hydrogens is 320 g/mol. The van der Waals surface area contributed by atoms with Crippen LogP contribution in [0.4, 0.5) is 5.69 Å². The Morgan fingerprint density at radius 2 is 1.62 bits per heavy atom. The van der Waals surface area contributed by atoms with Gasteiger partial charge in [0.1, 0.15) is 5.41 Å². The molecule has 0 bridgehead atoms. The highest BCUT2D eigenvalue weighted by Gasteiger charge is 2.50. The summed E-state index contributed by atoms with van der Waals surface area (Å²) in [6, 6.07) is 18.5. The van der Waals surface area contributed by atoms with Crippen LogP contribution in [0, 0.1) is 0 Å². The van der Waals surface area contributed by atoms with Crippen LogP contribution < -0.4 is 22.2 Å². The van der Waals surface area contributed by atoms with Crippen LogP contribution in [0.3, 0.4) is 0 Å². The summed E-state index contributed by atoms with van der Waals surface area (Å²) in [4.78, 5) is 16.8. The van der Waals surface area contributed by atoms with E-state index in [2.05, 4.69) is 45.3 Å². The molecule has 0 aromatic heterocycles. The van der Waals surface area contributed by atoms with E-state index in [1.165, 1.54) is 4.90 Å². The molecule has 4 heteroatoms. The molecule has 1 aliphatic heterocycles. The standard InChI is InChI=1S/C20H24N2O.ClH/c1-4-20(16-10-6-5-7-11-16)17-12-8-9-13-18(17)22(19(20)23)15-14-21(2)3;/h5-13H,4,14-15H2,1-3H3;1H. The molecule has 128 valence electrons. The second-order valence-corrected chi connectivity index (χ2v) is 6.56. The van der Waals surface area contributed by atoms with E-state index >= 15 is 0 Å². The largest absolute Gasteiger partial charge is 1.00 e. The third-order valence-corrected chi connectivity index (χ3v) is 4.90. The molecule has 3 nitrogen and oxygen atoms in total. The lowest BCUT2D eigenvalue weighted by Crippen LogP contribution is -3.06. The maximum atomic E-state index is 13.4. The Balaban J connectivity index is 0.00000208. The van der Waals surface area contributed by atoms with Gasteiger partial charge in [0, 0.05) is 5.69 Å². The molecule has 1 heterocycles. The zero-order valence-electron chi connectivity index (χ0n) is 14.6. The van der Waals surface area contributed by atoms with Gasteiger partial charge in [-0.05, 0) is 23.6 Å². The molecule has 1 N–H and O–H groups in total. The normalized spacial score (nSPS) is 19.3. The number of quaternary nitrogens is 1. The highest BCUT2D eigenvalue weighted by molar-refractivity contribution is 6.10. The van der Waals surface area contributed by atoms with Crippen molar-refractivity contribution < 1.29 is 22.1 Å². The van der Waals surface area contributed by atoms with E-state index in [4.69, 9.17) is 0 Å². The van der Waals surface area contributed by atoms with Crippen LogP contribution >= 0.6 is 0 Å². The lowest BCUT2D eigenvalue weighted by Gasteiger charge is -2.28. The molecule has 2 aromatic rings. The highest BCUT2D eigenvalue weighted by Crippen LogP contribution is 2.47. The number of likely N-dealkylation sites (N-methyl/N-ethyl adjacent to an activating group) is 1. The molecule has 0 radical (unpaired) electrons. The molecule has 1 aliphatic rings. The third kappa shape index (κ3) is 2.83. The highest BCUT2D eigenvalue weighted by atomic mass is 35.5. The Morgan fingerprint density at radius 1 is 1.00 bits per heavy atom. The Hall–Kier alpha value is -1.84. The number of benzene rings is 2. The van der Waals surface area contributed by atoms with Gasteiger partial charge in [0.15, 0.2) is 0 Å². The number of fused-ring (bicyclic) bond motifs is 1. The van der Waals surface area contributed by atoms with Crippen molar-refractivity contribution in [1.29, 1.82) is 0 Å². The summed E-state index contributed by atoms with van der Waals surface area (Å²) in [5.74, 6) is 0.216. The van der Waals surface area contributed by atoms with Crippen LogP contribution in [-0.4, -0.2) is 33.1 Å². The van der Waals surface area contributed by atoms with Gasteiger partial charge < -0.3 is 22.2 Å². The zero-order valence-corrected chi connectivity index (χ0v) is 15.3. The van der Waals surface area contributed by atoms with E-state index in [0.717, 1.165) is 36.3 Å². The van der Waals surface area contributed by atoms with Crippen LogP contribution in [0.5, 0.6) is 0 Å². The summed E-state index contributed by atoms with van der Waals surface area (Å²) in [5, 5.41) is 0. The monoisotopic (exact) mass is 344 g/mol. The summed E-state index contributed by atoms with van der Waals surface area (Å²) in [6.07, 6.45) is 0.776. The zero-order chi connectivity index (χ0) is 16.4. The van der Waals surface area contributed by atoms with Gasteiger partial charge in [-0.3, -0.25) is 4.79 Å². The molecule has 0 fully saturated rings.